The zero-order valence-corrected chi connectivity index (χ0v) is 8.74. The summed E-state index contributed by atoms with van der Waals surface area (Å²) in [5.41, 5.74) is 2.80. The molecule has 65 valence electrons. The molecule has 0 aliphatic heterocycles. The highest BCUT2D eigenvalue weighted by Gasteiger charge is 2.09. The largest absolute Gasteiger partial charge is 0.357 e. The average Bonchev–Trinajstić information content (AvgIpc) is 1.98. The van der Waals surface area contributed by atoms with Gasteiger partial charge in [-0.2, -0.15) is 0 Å². The Morgan fingerprint density at radius 2 is 1.91 bits per heavy atom. The van der Waals surface area contributed by atoms with Gasteiger partial charge in [0.05, 0.1) is 0 Å². The Morgan fingerprint density at radius 3 is 2.18 bits per heavy atom. The Morgan fingerprint density at radius 1 is 1.36 bits per heavy atom. The number of hydrogen-bond acceptors (Lipinski definition) is 1. The molecular formula is C9H18NS. The van der Waals surface area contributed by atoms with E-state index in [2.05, 4.69) is 38.1 Å². The van der Waals surface area contributed by atoms with E-state index in [1.165, 1.54) is 0 Å². The molecule has 0 rings (SSSR count). The summed E-state index contributed by atoms with van der Waals surface area (Å²) >= 11 is 4.81. The molecule has 0 spiro atoms. The first-order chi connectivity index (χ1) is 5.11. The lowest BCUT2D eigenvalue weighted by molar-refractivity contribution is 0.301. The topological polar surface area (TPSA) is 3.24 Å². The summed E-state index contributed by atoms with van der Waals surface area (Å²) in [7, 11) is 0. The maximum atomic E-state index is 4.81. The minimum Gasteiger partial charge on any atom is -0.357 e. The van der Waals surface area contributed by atoms with Crippen molar-refractivity contribution in [2.45, 2.75) is 40.2 Å². The van der Waals surface area contributed by atoms with Crippen molar-refractivity contribution in [3.05, 3.63) is 0 Å². The minimum absolute atomic E-state index is 0.537. The fraction of sp³-hybridized carbons (Fsp3) is 0.889. The third kappa shape index (κ3) is 4.35. The molecule has 0 saturated heterocycles. The molecule has 0 aliphatic rings. The van der Waals surface area contributed by atoms with Crippen LogP contribution in [0.4, 0.5) is 0 Å². The Hall–Kier alpha value is -0.110. The van der Waals surface area contributed by atoms with Gasteiger partial charge in [-0.25, -0.2) is 0 Å². The van der Waals surface area contributed by atoms with Crippen LogP contribution in [0.15, 0.2) is 0 Å². The van der Waals surface area contributed by atoms with Crippen molar-refractivity contribution < 1.29 is 0 Å². The zero-order chi connectivity index (χ0) is 8.85. The van der Waals surface area contributed by atoms with E-state index in [0.29, 0.717) is 12.0 Å². The fourth-order valence-corrected chi connectivity index (χ4v) is 1.18. The van der Waals surface area contributed by atoms with Crippen LogP contribution < -0.4 is 0 Å². The van der Waals surface area contributed by atoms with Gasteiger partial charge in [-0.3, -0.25) is 0 Å². The van der Waals surface area contributed by atoms with Crippen molar-refractivity contribution in [1.29, 1.82) is 0 Å². The van der Waals surface area contributed by atoms with Gasteiger partial charge in [-0.05, 0) is 19.3 Å². The van der Waals surface area contributed by atoms with E-state index in [1.807, 2.05) is 0 Å². The maximum Gasteiger partial charge on any atom is 0.137 e. The quantitative estimate of drug-likeness (QED) is 0.463. The number of thiocarbonyl (C=S) groups is 1. The van der Waals surface area contributed by atoms with Crippen LogP contribution in [0, 0.1) is 5.92 Å². The Labute approximate surface area is 75.8 Å². The Kier molecular flexibility index (Phi) is 5.47. The molecule has 0 amide bonds. The molecule has 0 heterocycles. The van der Waals surface area contributed by atoms with Gasteiger partial charge in [0.2, 0.25) is 0 Å². The lowest BCUT2D eigenvalue weighted by Gasteiger charge is -2.26. The van der Waals surface area contributed by atoms with E-state index >= 15 is 0 Å². The molecule has 1 radical (unpaired) electrons. The highest BCUT2D eigenvalue weighted by Crippen LogP contribution is 2.04. The van der Waals surface area contributed by atoms with E-state index in [0.717, 1.165) is 13.0 Å². The standard InChI is InChI=1S/C9H18NS/c1-5-9(4)10(7-11)6-8(2)3/h8-9H,5-6H2,1-4H3. The zero-order valence-electron chi connectivity index (χ0n) is 7.92. The molecule has 0 bridgehead atoms. The molecule has 2 heteroatoms. The number of rotatable bonds is 5. The summed E-state index contributed by atoms with van der Waals surface area (Å²) in [4.78, 5) is 2.11. The van der Waals surface area contributed by atoms with E-state index < -0.39 is 0 Å². The summed E-state index contributed by atoms with van der Waals surface area (Å²) < 4.78 is 0. The predicted molar refractivity (Wildman–Crippen MR) is 53.9 cm³/mol. The van der Waals surface area contributed by atoms with E-state index in [1.54, 1.807) is 0 Å². The van der Waals surface area contributed by atoms with Crippen molar-refractivity contribution in [3.63, 3.8) is 0 Å². The maximum absolute atomic E-state index is 4.81. The van der Waals surface area contributed by atoms with Crippen molar-refractivity contribution in [2.75, 3.05) is 6.54 Å². The fourth-order valence-electron chi connectivity index (χ4n) is 0.921. The monoisotopic (exact) mass is 172 g/mol. The van der Waals surface area contributed by atoms with Crippen LogP contribution in [0.2, 0.25) is 0 Å². The molecule has 0 aliphatic carbocycles. The SMILES string of the molecule is CCC(C)N([C]=S)CC(C)C. The highest BCUT2D eigenvalue weighted by atomic mass is 32.1. The van der Waals surface area contributed by atoms with E-state index in [4.69, 9.17) is 12.2 Å². The average molecular weight is 172 g/mol. The molecule has 1 unspecified atom stereocenters. The third-order valence-electron chi connectivity index (χ3n) is 1.80. The van der Waals surface area contributed by atoms with Crippen molar-refractivity contribution >= 4 is 17.7 Å². The predicted octanol–water partition coefficient (Wildman–Crippen LogP) is 2.58. The van der Waals surface area contributed by atoms with Gasteiger partial charge >= 0.3 is 0 Å². The van der Waals surface area contributed by atoms with Crippen molar-refractivity contribution in [3.8, 4) is 0 Å². The normalized spacial score (nSPS) is 13.2. The lowest BCUT2D eigenvalue weighted by atomic mass is 10.1. The van der Waals surface area contributed by atoms with Crippen LogP contribution in [-0.4, -0.2) is 23.0 Å². The summed E-state index contributed by atoms with van der Waals surface area (Å²) in [6.07, 6.45) is 1.14. The lowest BCUT2D eigenvalue weighted by Crippen LogP contribution is -2.33. The van der Waals surface area contributed by atoms with Gasteiger partial charge in [0.15, 0.2) is 0 Å². The first kappa shape index (κ1) is 10.9. The van der Waals surface area contributed by atoms with Gasteiger partial charge < -0.3 is 4.90 Å². The number of hydrogen-bond donors (Lipinski definition) is 0. The number of nitrogens with zero attached hydrogens (tertiary/aromatic N) is 1. The Bertz CT molecular complexity index is 112. The van der Waals surface area contributed by atoms with Crippen molar-refractivity contribution in [1.82, 2.24) is 4.90 Å². The second-order valence-corrected chi connectivity index (χ2v) is 3.58. The summed E-state index contributed by atoms with van der Waals surface area (Å²) in [6.45, 7) is 9.77. The molecule has 0 N–H and O–H groups in total. The van der Waals surface area contributed by atoms with Crippen LogP contribution in [0.3, 0.4) is 0 Å². The van der Waals surface area contributed by atoms with E-state index in [9.17, 15) is 0 Å². The highest BCUT2D eigenvalue weighted by molar-refractivity contribution is 7.78. The molecule has 0 fully saturated rings. The van der Waals surface area contributed by atoms with Crippen LogP contribution in [0.5, 0.6) is 0 Å². The van der Waals surface area contributed by atoms with Gasteiger partial charge in [0.1, 0.15) is 5.49 Å². The van der Waals surface area contributed by atoms with Gasteiger partial charge in [-0.15, -0.1) is 0 Å². The van der Waals surface area contributed by atoms with Gasteiger partial charge in [-0.1, -0.05) is 33.0 Å². The molecule has 11 heavy (non-hydrogen) atoms. The Balaban J connectivity index is 3.84. The van der Waals surface area contributed by atoms with Crippen LogP contribution >= 0.6 is 12.2 Å². The molecule has 0 aromatic carbocycles. The first-order valence-electron chi connectivity index (χ1n) is 4.26. The van der Waals surface area contributed by atoms with Crippen LogP contribution in [0.25, 0.3) is 0 Å². The van der Waals surface area contributed by atoms with Crippen molar-refractivity contribution in [2.24, 2.45) is 5.92 Å². The molecule has 1 atom stereocenters. The van der Waals surface area contributed by atoms with Crippen LogP contribution in [0.1, 0.15) is 34.1 Å². The molecule has 0 saturated carbocycles. The second-order valence-electron chi connectivity index (χ2n) is 3.39. The molecule has 0 aromatic heterocycles. The van der Waals surface area contributed by atoms with Gasteiger partial charge in [0.25, 0.3) is 0 Å². The first-order valence-corrected chi connectivity index (χ1v) is 4.67. The molecular weight excluding hydrogens is 154 g/mol. The molecule has 1 nitrogen and oxygen atoms in total. The summed E-state index contributed by atoms with van der Waals surface area (Å²) in [5, 5.41) is 0. The summed E-state index contributed by atoms with van der Waals surface area (Å²) in [6, 6.07) is 0.537. The van der Waals surface area contributed by atoms with Gasteiger partial charge in [0, 0.05) is 12.6 Å². The minimum atomic E-state index is 0.537. The van der Waals surface area contributed by atoms with Crippen LogP contribution in [-0.2, 0) is 0 Å². The summed E-state index contributed by atoms with van der Waals surface area (Å²) in [5.74, 6) is 0.666. The third-order valence-corrected chi connectivity index (χ3v) is 2.04. The molecule has 0 aromatic rings. The van der Waals surface area contributed by atoms with E-state index in [-0.39, 0.29) is 0 Å². The smallest absolute Gasteiger partial charge is 0.137 e. The second kappa shape index (κ2) is 5.53.